The maximum atomic E-state index is 12.0. The molecule has 9 heteroatoms. The van der Waals surface area contributed by atoms with Crippen LogP contribution in [0.1, 0.15) is 11.5 Å². The highest BCUT2D eigenvalue weighted by Crippen LogP contribution is 2.20. The summed E-state index contributed by atoms with van der Waals surface area (Å²) < 4.78 is 12.8. The molecular formula is C16H10BrClN2O4S. The zero-order valence-corrected chi connectivity index (χ0v) is 15.7. The first-order chi connectivity index (χ1) is 11.9. The lowest BCUT2D eigenvalue weighted by Crippen LogP contribution is -2.49. The Labute approximate surface area is 161 Å². The molecule has 25 heavy (non-hydrogen) atoms. The molecule has 1 aliphatic rings. The molecule has 3 rings (SSSR count). The van der Waals surface area contributed by atoms with Crippen LogP contribution in [-0.4, -0.2) is 21.3 Å². The number of hydrogen-bond acceptors (Lipinski definition) is 5. The number of carbonyl (C=O) groups is 2. The first kappa shape index (κ1) is 17.7. The van der Waals surface area contributed by atoms with Crippen LogP contribution < -0.4 is 10.1 Å². The third kappa shape index (κ3) is 4.09. The van der Waals surface area contributed by atoms with Gasteiger partial charge in [-0.05, 0) is 54.7 Å². The van der Waals surface area contributed by atoms with Crippen molar-refractivity contribution in [3.63, 3.8) is 0 Å². The van der Waals surface area contributed by atoms with Gasteiger partial charge in [0.1, 0.15) is 29.4 Å². The quantitative estimate of drug-likeness (QED) is 0.341. The van der Waals surface area contributed by atoms with Crippen LogP contribution >= 0.6 is 39.9 Å². The van der Waals surface area contributed by atoms with Gasteiger partial charge in [0.15, 0.2) is 5.11 Å². The van der Waals surface area contributed by atoms with E-state index >= 15 is 0 Å². The monoisotopic (exact) mass is 440 g/mol. The van der Waals surface area contributed by atoms with Crippen LogP contribution in [0.25, 0.3) is 6.08 Å². The minimum absolute atomic E-state index is 0.156. The zero-order valence-electron chi connectivity index (χ0n) is 12.5. The molecule has 6 nitrogen and oxygen atoms in total. The molecule has 1 aromatic heterocycles. The Morgan fingerprint density at radius 3 is 2.68 bits per heavy atom. The molecule has 1 saturated heterocycles. The predicted octanol–water partition coefficient (Wildman–Crippen LogP) is 3.40. The molecule has 2 aromatic rings. The van der Waals surface area contributed by atoms with E-state index in [1.165, 1.54) is 6.08 Å². The number of rotatable bonds is 4. The summed E-state index contributed by atoms with van der Waals surface area (Å²) in [4.78, 5) is 23.9. The number of ether oxygens (including phenoxy) is 1. The van der Waals surface area contributed by atoms with Gasteiger partial charge in [0.2, 0.25) is 0 Å². The van der Waals surface area contributed by atoms with E-state index in [0.29, 0.717) is 21.7 Å². The molecule has 0 saturated carbocycles. The van der Waals surface area contributed by atoms with Crippen molar-refractivity contribution >= 4 is 62.9 Å². The van der Waals surface area contributed by atoms with Gasteiger partial charge in [0.25, 0.3) is 11.8 Å². The SMILES string of the molecule is O=C1NC(=S)N(Cl)C(=O)/C1=C/c1ccc(COc2ccc(Br)cc2)o1. The summed E-state index contributed by atoms with van der Waals surface area (Å²) in [5.41, 5.74) is -0.168. The van der Waals surface area contributed by atoms with E-state index in [1.807, 2.05) is 24.3 Å². The molecule has 1 N–H and O–H groups in total. The topological polar surface area (TPSA) is 71.8 Å². The molecule has 2 amide bonds. The second kappa shape index (κ2) is 7.38. The maximum Gasteiger partial charge on any atom is 0.280 e. The van der Waals surface area contributed by atoms with E-state index in [2.05, 4.69) is 21.2 Å². The minimum Gasteiger partial charge on any atom is -0.486 e. The highest BCUT2D eigenvalue weighted by Gasteiger charge is 2.32. The highest BCUT2D eigenvalue weighted by molar-refractivity contribution is 9.10. The molecule has 2 heterocycles. The average Bonchev–Trinajstić information content (AvgIpc) is 3.04. The van der Waals surface area contributed by atoms with Crippen molar-refractivity contribution in [2.45, 2.75) is 6.61 Å². The number of furan rings is 1. The molecule has 1 aliphatic heterocycles. The predicted molar refractivity (Wildman–Crippen MR) is 98.6 cm³/mol. The lowest BCUT2D eigenvalue weighted by molar-refractivity contribution is -0.126. The maximum absolute atomic E-state index is 12.0. The number of nitrogens with one attached hydrogen (secondary N) is 1. The van der Waals surface area contributed by atoms with Gasteiger partial charge in [0, 0.05) is 16.2 Å². The van der Waals surface area contributed by atoms with E-state index in [4.69, 9.17) is 33.1 Å². The van der Waals surface area contributed by atoms with E-state index < -0.39 is 11.8 Å². The summed E-state index contributed by atoms with van der Waals surface area (Å²) in [5.74, 6) is 0.213. The molecule has 0 spiro atoms. The Hall–Kier alpha value is -2.16. The zero-order chi connectivity index (χ0) is 18.0. The summed E-state index contributed by atoms with van der Waals surface area (Å²) >= 11 is 13.8. The van der Waals surface area contributed by atoms with Gasteiger partial charge in [-0.2, -0.15) is 4.42 Å². The van der Waals surface area contributed by atoms with Crippen molar-refractivity contribution in [1.82, 2.24) is 9.74 Å². The van der Waals surface area contributed by atoms with Gasteiger partial charge in [-0.1, -0.05) is 15.9 Å². The van der Waals surface area contributed by atoms with Crippen LogP contribution in [0.15, 0.2) is 50.9 Å². The van der Waals surface area contributed by atoms with Crippen molar-refractivity contribution < 1.29 is 18.7 Å². The fourth-order valence-corrected chi connectivity index (χ4v) is 2.59. The minimum atomic E-state index is -0.709. The molecule has 1 fully saturated rings. The first-order valence-corrected chi connectivity index (χ1v) is 8.52. The van der Waals surface area contributed by atoms with Crippen molar-refractivity contribution in [3.8, 4) is 5.75 Å². The Morgan fingerprint density at radius 1 is 1.24 bits per heavy atom. The Bertz CT molecular complexity index is 879. The average molecular weight is 442 g/mol. The third-order valence-electron chi connectivity index (χ3n) is 3.22. The lowest BCUT2D eigenvalue weighted by Gasteiger charge is -2.21. The Morgan fingerprint density at radius 2 is 1.96 bits per heavy atom. The number of benzene rings is 1. The lowest BCUT2D eigenvalue weighted by atomic mass is 10.1. The number of carbonyl (C=O) groups excluding carboxylic acids is 2. The van der Waals surface area contributed by atoms with Gasteiger partial charge < -0.3 is 9.15 Å². The molecule has 0 bridgehead atoms. The molecule has 0 unspecified atom stereocenters. The van der Waals surface area contributed by atoms with Crippen LogP contribution in [0.5, 0.6) is 5.75 Å². The van der Waals surface area contributed by atoms with Crippen LogP contribution in [-0.2, 0) is 16.2 Å². The highest BCUT2D eigenvalue weighted by atomic mass is 79.9. The number of halogens is 2. The van der Waals surface area contributed by atoms with Crippen LogP contribution in [0, 0.1) is 0 Å². The summed E-state index contributed by atoms with van der Waals surface area (Å²) in [6, 6.07) is 10.7. The molecular weight excluding hydrogens is 432 g/mol. The second-order valence-electron chi connectivity index (χ2n) is 4.95. The molecule has 0 atom stereocenters. The van der Waals surface area contributed by atoms with Crippen molar-refractivity contribution in [2.75, 3.05) is 0 Å². The summed E-state index contributed by atoms with van der Waals surface area (Å²) in [7, 11) is 0. The molecule has 0 radical (unpaired) electrons. The van der Waals surface area contributed by atoms with Gasteiger partial charge in [-0.25, -0.2) is 0 Å². The number of hydrogen-bond donors (Lipinski definition) is 1. The summed E-state index contributed by atoms with van der Waals surface area (Å²) in [5, 5.41) is 2.16. The van der Waals surface area contributed by atoms with Crippen molar-refractivity contribution in [1.29, 1.82) is 0 Å². The largest absolute Gasteiger partial charge is 0.486 e. The van der Waals surface area contributed by atoms with Gasteiger partial charge >= 0.3 is 0 Å². The van der Waals surface area contributed by atoms with E-state index in [1.54, 1.807) is 12.1 Å². The van der Waals surface area contributed by atoms with Crippen molar-refractivity contribution in [3.05, 3.63) is 58.0 Å². The van der Waals surface area contributed by atoms with Gasteiger partial charge in [-0.15, -0.1) is 0 Å². The third-order valence-corrected chi connectivity index (χ3v) is 4.45. The Kier molecular flexibility index (Phi) is 5.22. The van der Waals surface area contributed by atoms with E-state index in [9.17, 15) is 9.59 Å². The van der Waals surface area contributed by atoms with Crippen LogP contribution in [0.2, 0.25) is 0 Å². The normalized spacial score (nSPS) is 16.3. The summed E-state index contributed by atoms with van der Waals surface area (Å²) in [6.07, 6.45) is 1.30. The summed E-state index contributed by atoms with van der Waals surface area (Å²) in [6.45, 7) is 0.205. The smallest absolute Gasteiger partial charge is 0.280 e. The molecule has 0 aliphatic carbocycles. The number of amides is 2. The fraction of sp³-hybridized carbons (Fsp3) is 0.0625. The second-order valence-corrected chi connectivity index (χ2v) is 6.59. The van der Waals surface area contributed by atoms with Crippen molar-refractivity contribution in [2.24, 2.45) is 0 Å². The van der Waals surface area contributed by atoms with Crippen LogP contribution in [0.4, 0.5) is 0 Å². The Balaban J connectivity index is 1.70. The number of nitrogens with zero attached hydrogens (tertiary/aromatic N) is 1. The van der Waals surface area contributed by atoms with Crippen LogP contribution in [0.3, 0.4) is 0 Å². The van der Waals surface area contributed by atoms with E-state index in [0.717, 1.165) is 4.47 Å². The molecule has 1 aromatic carbocycles. The first-order valence-electron chi connectivity index (χ1n) is 6.98. The van der Waals surface area contributed by atoms with Gasteiger partial charge in [-0.3, -0.25) is 14.9 Å². The molecule has 128 valence electrons. The van der Waals surface area contributed by atoms with Gasteiger partial charge in [0.05, 0.1) is 0 Å². The fourth-order valence-electron chi connectivity index (χ4n) is 2.01. The van der Waals surface area contributed by atoms with E-state index in [-0.39, 0.29) is 17.3 Å². The number of thiocarbonyl (C=S) groups is 1. The standard InChI is InChI=1S/C16H10BrClN2O4S/c17-9-1-3-10(4-2-9)23-8-12-6-5-11(24-12)7-13-14(21)19-16(25)20(18)15(13)22/h1-7H,8H2,(H,19,21,25)/b13-7+.